The van der Waals surface area contributed by atoms with Crippen LogP contribution in [0.2, 0.25) is 0 Å². The molecule has 0 bridgehead atoms. The van der Waals surface area contributed by atoms with Crippen LogP contribution in [-0.4, -0.2) is 11.2 Å². The lowest BCUT2D eigenvalue weighted by Crippen LogP contribution is -2.25. The normalized spacial score (nSPS) is 15.4. The molecule has 0 aliphatic carbocycles. The highest BCUT2D eigenvalue weighted by Crippen LogP contribution is 2.16. The van der Waals surface area contributed by atoms with Crippen molar-refractivity contribution in [2.24, 2.45) is 5.73 Å². The topological polar surface area (TPSA) is 46.2 Å². The van der Waals surface area contributed by atoms with Crippen LogP contribution < -0.4 is 5.73 Å². The molecular weight excluding hydrogens is 169 g/mol. The van der Waals surface area contributed by atoms with E-state index in [1.165, 1.54) is 12.1 Å². The van der Waals surface area contributed by atoms with Gasteiger partial charge in [0.25, 0.3) is 0 Å². The summed E-state index contributed by atoms with van der Waals surface area (Å²) in [5.41, 5.74) is 6.33. The van der Waals surface area contributed by atoms with Gasteiger partial charge >= 0.3 is 0 Å². The Kier molecular flexibility index (Phi) is 3.39. The Morgan fingerprint density at radius 1 is 1.54 bits per heavy atom. The number of rotatable bonds is 3. The van der Waals surface area contributed by atoms with E-state index in [1.54, 1.807) is 12.1 Å². The minimum absolute atomic E-state index is 0.323. The predicted molar refractivity (Wildman–Crippen MR) is 49.6 cm³/mol. The van der Waals surface area contributed by atoms with Gasteiger partial charge in [0.15, 0.2) is 0 Å². The standard InChI is InChI=1S/C10H14FNO/c1-2-9(13)10(12)7-4-3-5-8(11)6-7/h3-6,9-10,13H,2,12H2,1H3/t9-,10+/m1/s1. The zero-order valence-corrected chi connectivity index (χ0v) is 7.57. The third-order valence-electron chi connectivity index (χ3n) is 2.07. The quantitative estimate of drug-likeness (QED) is 0.747. The number of nitrogens with two attached hydrogens (primary N) is 1. The molecule has 2 atom stereocenters. The molecule has 1 rings (SSSR count). The third kappa shape index (κ3) is 2.50. The van der Waals surface area contributed by atoms with Crippen LogP contribution in [0.4, 0.5) is 4.39 Å². The van der Waals surface area contributed by atoms with Gasteiger partial charge in [-0.3, -0.25) is 0 Å². The number of aliphatic hydroxyl groups is 1. The van der Waals surface area contributed by atoms with Crippen LogP contribution in [0.3, 0.4) is 0 Å². The van der Waals surface area contributed by atoms with E-state index >= 15 is 0 Å². The SMILES string of the molecule is CC[C@@H](O)[C@@H](N)c1cccc(F)c1. The maximum atomic E-state index is 12.8. The van der Waals surface area contributed by atoms with E-state index in [9.17, 15) is 9.50 Å². The molecule has 0 fully saturated rings. The number of benzene rings is 1. The van der Waals surface area contributed by atoms with Crippen molar-refractivity contribution in [1.82, 2.24) is 0 Å². The summed E-state index contributed by atoms with van der Waals surface area (Å²) in [6, 6.07) is 5.51. The highest BCUT2D eigenvalue weighted by atomic mass is 19.1. The molecule has 0 saturated carbocycles. The summed E-state index contributed by atoms with van der Waals surface area (Å²) in [7, 11) is 0. The monoisotopic (exact) mass is 183 g/mol. The van der Waals surface area contributed by atoms with Crippen molar-refractivity contribution in [1.29, 1.82) is 0 Å². The summed E-state index contributed by atoms with van der Waals surface area (Å²) >= 11 is 0. The Hall–Kier alpha value is -0.930. The first-order chi connectivity index (χ1) is 6.15. The second-order valence-electron chi connectivity index (χ2n) is 3.06. The Morgan fingerprint density at radius 2 is 2.23 bits per heavy atom. The lowest BCUT2D eigenvalue weighted by atomic mass is 10.0. The first-order valence-electron chi connectivity index (χ1n) is 4.34. The van der Waals surface area contributed by atoms with Crippen LogP contribution in [0.1, 0.15) is 24.9 Å². The highest BCUT2D eigenvalue weighted by Gasteiger charge is 2.14. The Balaban J connectivity index is 2.82. The van der Waals surface area contributed by atoms with Gasteiger partial charge in [-0.2, -0.15) is 0 Å². The van der Waals surface area contributed by atoms with E-state index in [1.807, 2.05) is 6.92 Å². The van der Waals surface area contributed by atoms with E-state index < -0.39 is 12.1 Å². The molecule has 0 aliphatic heterocycles. The zero-order chi connectivity index (χ0) is 9.84. The van der Waals surface area contributed by atoms with Gasteiger partial charge in [-0.1, -0.05) is 19.1 Å². The molecule has 0 amide bonds. The molecule has 0 unspecified atom stereocenters. The van der Waals surface area contributed by atoms with E-state index in [0.717, 1.165) is 0 Å². The summed E-state index contributed by atoms with van der Waals surface area (Å²) in [5.74, 6) is -0.323. The van der Waals surface area contributed by atoms with E-state index in [4.69, 9.17) is 5.73 Å². The van der Waals surface area contributed by atoms with Gasteiger partial charge in [0.05, 0.1) is 12.1 Å². The Morgan fingerprint density at radius 3 is 2.77 bits per heavy atom. The lowest BCUT2D eigenvalue weighted by molar-refractivity contribution is 0.140. The fraction of sp³-hybridized carbons (Fsp3) is 0.400. The molecular formula is C10H14FNO. The summed E-state index contributed by atoms with van der Waals surface area (Å²) in [6.45, 7) is 1.84. The van der Waals surface area contributed by atoms with Crippen LogP contribution >= 0.6 is 0 Å². The van der Waals surface area contributed by atoms with Crippen molar-refractivity contribution in [3.05, 3.63) is 35.6 Å². The van der Waals surface area contributed by atoms with E-state index in [-0.39, 0.29) is 5.82 Å². The summed E-state index contributed by atoms with van der Waals surface area (Å²) in [5, 5.41) is 9.42. The minimum Gasteiger partial charge on any atom is -0.391 e. The van der Waals surface area contributed by atoms with Crippen LogP contribution in [0.25, 0.3) is 0 Å². The molecule has 3 heteroatoms. The molecule has 0 heterocycles. The minimum atomic E-state index is -0.609. The van der Waals surface area contributed by atoms with Crippen molar-refractivity contribution in [3.63, 3.8) is 0 Å². The molecule has 3 N–H and O–H groups in total. The molecule has 0 spiro atoms. The van der Waals surface area contributed by atoms with Gasteiger partial charge in [0, 0.05) is 0 Å². The first-order valence-corrected chi connectivity index (χ1v) is 4.34. The van der Waals surface area contributed by atoms with Gasteiger partial charge < -0.3 is 10.8 Å². The second kappa shape index (κ2) is 4.35. The molecule has 0 aromatic heterocycles. The van der Waals surface area contributed by atoms with Gasteiger partial charge in [0.2, 0.25) is 0 Å². The van der Waals surface area contributed by atoms with Crippen molar-refractivity contribution in [3.8, 4) is 0 Å². The number of aliphatic hydroxyl groups excluding tert-OH is 1. The van der Waals surface area contributed by atoms with Gasteiger partial charge in [-0.05, 0) is 24.1 Å². The maximum absolute atomic E-state index is 12.8. The Labute approximate surface area is 77.2 Å². The van der Waals surface area contributed by atoms with Crippen LogP contribution in [0, 0.1) is 5.82 Å². The first kappa shape index (κ1) is 10.2. The molecule has 0 radical (unpaired) electrons. The average Bonchev–Trinajstić information content (AvgIpc) is 2.15. The lowest BCUT2D eigenvalue weighted by Gasteiger charge is -2.17. The molecule has 1 aromatic rings. The second-order valence-corrected chi connectivity index (χ2v) is 3.06. The van der Waals surface area contributed by atoms with Gasteiger partial charge in [0.1, 0.15) is 5.82 Å². The summed E-state index contributed by atoms with van der Waals surface area (Å²) < 4.78 is 12.8. The van der Waals surface area contributed by atoms with Crippen molar-refractivity contribution >= 4 is 0 Å². The molecule has 13 heavy (non-hydrogen) atoms. The number of hydrogen-bond acceptors (Lipinski definition) is 2. The zero-order valence-electron chi connectivity index (χ0n) is 7.57. The van der Waals surface area contributed by atoms with Gasteiger partial charge in [-0.15, -0.1) is 0 Å². The summed E-state index contributed by atoms with van der Waals surface area (Å²) in [4.78, 5) is 0. The van der Waals surface area contributed by atoms with E-state index in [0.29, 0.717) is 12.0 Å². The van der Waals surface area contributed by atoms with E-state index in [2.05, 4.69) is 0 Å². The molecule has 0 aliphatic rings. The highest BCUT2D eigenvalue weighted by molar-refractivity contribution is 5.20. The van der Waals surface area contributed by atoms with Gasteiger partial charge in [-0.25, -0.2) is 4.39 Å². The van der Waals surface area contributed by atoms with Crippen LogP contribution in [0.5, 0.6) is 0 Å². The molecule has 0 saturated heterocycles. The largest absolute Gasteiger partial charge is 0.391 e. The van der Waals surface area contributed by atoms with Crippen molar-refractivity contribution < 1.29 is 9.50 Å². The maximum Gasteiger partial charge on any atom is 0.123 e. The Bertz CT molecular complexity index is 277. The molecule has 72 valence electrons. The predicted octanol–water partition coefficient (Wildman–Crippen LogP) is 1.60. The summed E-state index contributed by atoms with van der Waals surface area (Å²) in [6.07, 6.45) is -0.0423. The molecule has 2 nitrogen and oxygen atoms in total. The fourth-order valence-corrected chi connectivity index (χ4v) is 1.19. The average molecular weight is 183 g/mol. The number of hydrogen-bond donors (Lipinski definition) is 2. The van der Waals surface area contributed by atoms with Crippen molar-refractivity contribution in [2.45, 2.75) is 25.5 Å². The van der Waals surface area contributed by atoms with Crippen LogP contribution in [-0.2, 0) is 0 Å². The van der Waals surface area contributed by atoms with Crippen LogP contribution in [0.15, 0.2) is 24.3 Å². The third-order valence-corrected chi connectivity index (χ3v) is 2.07. The van der Waals surface area contributed by atoms with Crippen molar-refractivity contribution in [2.75, 3.05) is 0 Å². The molecule has 1 aromatic carbocycles. The number of halogens is 1. The fourth-order valence-electron chi connectivity index (χ4n) is 1.19. The smallest absolute Gasteiger partial charge is 0.123 e.